The number of hydrogen-bond donors (Lipinski definition) is 3. The van der Waals surface area contributed by atoms with E-state index in [2.05, 4.69) is 20.8 Å². The second-order valence-corrected chi connectivity index (χ2v) is 5.08. The first-order valence-corrected chi connectivity index (χ1v) is 7.00. The molecule has 1 aromatic carbocycles. The normalized spacial score (nSPS) is 16.9. The number of urea groups is 1. The number of anilines is 1. The smallest absolute Gasteiger partial charge is 0.319 e. The predicted molar refractivity (Wildman–Crippen MR) is 79.4 cm³/mol. The van der Waals surface area contributed by atoms with E-state index in [-0.39, 0.29) is 12.1 Å². The summed E-state index contributed by atoms with van der Waals surface area (Å²) in [4.78, 5) is 12.1. The van der Waals surface area contributed by atoms with Crippen LogP contribution in [0.5, 0.6) is 5.75 Å². The summed E-state index contributed by atoms with van der Waals surface area (Å²) in [6.45, 7) is 0. The summed E-state index contributed by atoms with van der Waals surface area (Å²) >= 11 is 0. The Morgan fingerprint density at radius 2 is 2.19 bits per heavy atom. The lowest BCUT2D eigenvalue weighted by Crippen LogP contribution is -2.34. The Morgan fingerprint density at radius 3 is 2.95 bits per heavy atom. The standard InChI is InChI=1S/C15H18N4O2/c1-21-12-7-5-11(6-8-12)17-15(20)18-13-4-2-3-10-9-16-19-14(10)13/h5-9,13H,2-4H2,1H3,(H,16,19)(H2,17,18,20)/t13-/m0/s1. The number of aromatic nitrogens is 2. The number of aromatic amines is 1. The maximum atomic E-state index is 12.1. The highest BCUT2D eigenvalue weighted by molar-refractivity contribution is 5.89. The zero-order valence-corrected chi connectivity index (χ0v) is 11.8. The van der Waals surface area contributed by atoms with Crippen molar-refractivity contribution in [2.75, 3.05) is 12.4 Å². The van der Waals surface area contributed by atoms with Crippen molar-refractivity contribution in [3.8, 4) is 5.75 Å². The van der Waals surface area contributed by atoms with Crippen LogP contribution in [0.2, 0.25) is 0 Å². The Kier molecular flexibility index (Phi) is 3.77. The molecule has 0 fully saturated rings. The van der Waals surface area contributed by atoms with Crippen LogP contribution in [-0.4, -0.2) is 23.3 Å². The largest absolute Gasteiger partial charge is 0.497 e. The van der Waals surface area contributed by atoms with Gasteiger partial charge in [-0.2, -0.15) is 5.10 Å². The Morgan fingerprint density at radius 1 is 1.38 bits per heavy atom. The Labute approximate surface area is 122 Å². The molecule has 2 amide bonds. The number of carbonyl (C=O) groups excluding carboxylic acids is 1. The Balaban J connectivity index is 1.62. The fourth-order valence-corrected chi connectivity index (χ4v) is 2.61. The molecule has 6 nitrogen and oxygen atoms in total. The van der Waals surface area contributed by atoms with Crippen molar-refractivity contribution in [3.63, 3.8) is 0 Å². The molecule has 2 aromatic rings. The summed E-state index contributed by atoms with van der Waals surface area (Å²) in [5.74, 6) is 0.760. The molecule has 1 aliphatic carbocycles. The number of hydrogen-bond acceptors (Lipinski definition) is 3. The third-order valence-electron chi connectivity index (χ3n) is 3.69. The van der Waals surface area contributed by atoms with Crippen LogP contribution in [0.4, 0.5) is 10.5 Å². The van der Waals surface area contributed by atoms with E-state index in [1.54, 1.807) is 19.2 Å². The minimum absolute atomic E-state index is 0.00509. The van der Waals surface area contributed by atoms with Gasteiger partial charge in [-0.15, -0.1) is 0 Å². The van der Waals surface area contributed by atoms with Crippen molar-refractivity contribution < 1.29 is 9.53 Å². The van der Waals surface area contributed by atoms with E-state index in [1.807, 2.05) is 18.3 Å². The van der Waals surface area contributed by atoms with E-state index in [9.17, 15) is 4.79 Å². The molecule has 0 bridgehead atoms. The SMILES string of the molecule is COc1ccc(NC(=O)N[C@H]2CCCc3cn[nH]c32)cc1. The quantitative estimate of drug-likeness (QED) is 0.811. The number of nitrogens with one attached hydrogen (secondary N) is 3. The molecule has 1 aliphatic rings. The van der Waals surface area contributed by atoms with Crippen LogP contribution in [0, 0.1) is 0 Å². The zero-order chi connectivity index (χ0) is 14.7. The number of rotatable bonds is 3. The van der Waals surface area contributed by atoms with E-state index >= 15 is 0 Å². The summed E-state index contributed by atoms with van der Waals surface area (Å²) in [6.07, 6.45) is 4.83. The number of carbonyl (C=O) groups is 1. The topological polar surface area (TPSA) is 79.0 Å². The molecule has 0 saturated heterocycles. The van der Waals surface area contributed by atoms with Gasteiger partial charge in [-0.1, -0.05) is 0 Å². The van der Waals surface area contributed by atoms with Gasteiger partial charge < -0.3 is 15.4 Å². The number of ether oxygens (including phenoxy) is 1. The van der Waals surface area contributed by atoms with E-state index < -0.39 is 0 Å². The fraction of sp³-hybridized carbons (Fsp3) is 0.333. The molecule has 1 atom stereocenters. The summed E-state index contributed by atoms with van der Waals surface area (Å²) in [5, 5.41) is 12.8. The van der Waals surface area contributed by atoms with Crippen molar-refractivity contribution in [2.45, 2.75) is 25.3 Å². The molecule has 1 aromatic heterocycles. The second kappa shape index (κ2) is 5.87. The number of fused-ring (bicyclic) bond motifs is 1. The fourth-order valence-electron chi connectivity index (χ4n) is 2.61. The van der Waals surface area contributed by atoms with Crippen molar-refractivity contribution in [3.05, 3.63) is 41.7 Å². The first-order chi connectivity index (χ1) is 10.3. The van der Waals surface area contributed by atoms with Crippen LogP contribution in [0.3, 0.4) is 0 Å². The number of aryl methyl sites for hydroxylation is 1. The van der Waals surface area contributed by atoms with Gasteiger partial charge in [0.1, 0.15) is 5.75 Å². The predicted octanol–water partition coefficient (Wildman–Crippen LogP) is 2.62. The Hall–Kier alpha value is -2.50. The molecule has 21 heavy (non-hydrogen) atoms. The average Bonchev–Trinajstić information content (AvgIpc) is 2.97. The number of benzene rings is 1. The minimum atomic E-state index is -0.215. The lowest BCUT2D eigenvalue weighted by atomic mass is 9.94. The zero-order valence-electron chi connectivity index (χ0n) is 11.8. The number of nitrogens with zero attached hydrogens (tertiary/aromatic N) is 1. The maximum absolute atomic E-state index is 12.1. The second-order valence-electron chi connectivity index (χ2n) is 5.08. The molecule has 0 radical (unpaired) electrons. The molecular weight excluding hydrogens is 268 g/mol. The summed E-state index contributed by atoms with van der Waals surface area (Å²) in [6, 6.07) is 7.01. The summed E-state index contributed by atoms with van der Waals surface area (Å²) in [5.41, 5.74) is 2.94. The highest BCUT2D eigenvalue weighted by atomic mass is 16.5. The number of methoxy groups -OCH3 is 1. The highest BCUT2D eigenvalue weighted by Gasteiger charge is 2.23. The third kappa shape index (κ3) is 2.99. The van der Waals surface area contributed by atoms with Gasteiger partial charge in [0.15, 0.2) is 0 Å². The van der Waals surface area contributed by atoms with E-state index in [4.69, 9.17) is 4.74 Å². The van der Waals surface area contributed by atoms with Crippen LogP contribution in [0.25, 0.3) is 0 Å². The molecule has 110 valence electrons. The van der Waals surface area contributed by atoms with Gasteiger partial charge in [-0.3, -0.25) is 5.10 Å². The highest BCUT2D eigenvalue weighted by Crippen LogP contribution is 2.27. The van der Waals surface area contributed by atoms with Crippen molar-refractivity contribution >= 4 is 11.7 Å². The summed E-state index contributed by atoms with van der Waals surface area (Å²) < 4.78 is 5.09. The number of H-pyrrole nitrogens is 1. The van der Waals surface area contributed by atoms with Crippen molar-refractivity contribution in [2.24, 2.45) is 0 Å². The molecule has 0 unspecified atom stereocenters. The van der Waals surface area contributed by atoms with Gasteiger partial charge in [0, 0.05) is 5.69 Å². The third-order valence-corrected chi connectivity index (χ3v) is 3.69. The van der Waals surface area contributed by atoms with Crippen LogP contribution in [-0.2, 0) is 6.42 Å². The molecule has 3 rings (SSSR count). The van der Waals surface area contributed by atoms with Gasteiger partial charge in [0.2, 0.25) is 0 Å². The van der Waals surface area contributed by atoms with Crippen LogP contribution < -0.4 is 15.4 Å². The minimum Gasteiger partial charge on any atom is -0.497 e. The lowest BCUT2D eigenvalue weighted by Gasteiger charge is -2.23. The van der Waals surface area contributed by atoms with E-state index in [0.717, 1.165) is 36.4 Å². The van der Waals surface area contributed by atoms with Crippen molar-refractivity contribution in [1.29, 1.82) is 0 Å². The monoisotopic (exact) mass is 286 g/mol. The first-order valence-electron chi connectivity index (χ1n) is 7.00. The average molecular weight is 286 g/mol. The first kappa shape index (κ1) is 13.5. The van der Waals surface area contributed by atoms with Gasteiger partial charge in [-0.05, 0) is 49.1 Å². The van der Waals surface area contributed by atoms with Gasteiger partial charge >= 0.3 is 6.03 Å². The lowest BCUT2D eigenvalue weighted by molar-refractivity contribution is 0.246. The van der Waals surface area contributed by atoms with Crippen molar-refractivity contribution in [1.82, 2.24) is 15.5 Å². The summed E-state index contributed by atoms with van der Waals surface area (Å²) in [7, 11) is 1.61. The maximum Gasteiger partial charge on any atom is 0.319 e. The number of amides is 2. The molecule has 0 aliphatic heterocycles. The molecular formula is C15H18N4O2. The van der Waals surface area contributed by atoms with Crippen LogP contribution in [0.1, 0.15) is 30.1 Å². The van der Waals surface area contributed by atoms with Crippen LogP contribution >= 0.6 is 0 Å². The van der Waals surface area contributed by atoms with E-state index in [0.29, 0.717) is 0 Å². The van der Waals surface area contributed by atoms with Crippen LogP contribution in [0.15, 0.2) is 30.5 Å². The molecule has 1 heterocycles. The van der Waals surface area contributed by atoms with E-state index in [1.165, 1.54) is 5.56 Å². The molecule has 0 saturated carbocycles. The molecule has 3 N–H and O–H groups in total. The van der Waals surface area contributed by atoms with Gasteiger partial charge in [0.05, 0.1) is 25.0 Å². The molecule has 0 spiro atoms. The molecule has 6 heteroatoms. The Bertz CT molecular complexity index is 621. The van der Waals surface area contributed by atoms with Gasteiger partial charge in [-0.25, -0.2) is 4.79 Å². The van der Waals surface area contributed by atoms with Gasteiger partial charge in [0.25, 0.3) is 0 Å².